The lowest BCUT2D eigenvalue weighted by molar-refractivity contribution is -0.140. The molecule has 0 radical (unpaired) electrons. The number of urea groups is 1. The van der Waals surface area contributed by atoms with Gasteiger partial charge in [-0.1, -0.05) is 0 Å². The number of hydrogen-bond acceptors (Lipinski definition) is 5. The molecule has 5 N–H and O–H groups in total. The number of rotatable bonds is 6. The normalized spacial score (nSPS) is 21.5. The van der Waals surface area contributed by atoms with Crippen molar-refractivity contribution >= 4 is 17.9 Å². The fourth-order valence-corrected chi connectivity index (χ4v) is 2.14. The average molecular weight is 301 g/mol. The number of carbonyl (C=O) groups excluding carboxylic acids is 2. The molecule has 0 aromatic carbocycles. The number of amides is 3. The van der Waals surface area contributed by atoms with E-state index < -0.39 is 30.4 Å². The first-order chi connectivity index (χ1) is 9.79. The molecule has 1 aliphatic heterocycles. The van der Waals surface area contributed by atoms with Crippen molar-refractivity contribution in [2.45, 2.75) is 18.5 Å². The van der Waals surface area contributed by atoms with Crippen LogP contribution < -0.4 is 16.4 Å². The summed E-state index contributed by atoms with van der Waals surface area (Å²) in [5, 5.41) is 13.8. The third-order valence-electron chi connectivity index (χ3n) is 3.49. The minimum Gasteiger partial charge on any atom is -0.480 e. The highest BCUT2D eigenvalue weighted by atomic mass is 16.4. The summed E-state index contributed by atoms with van der Waals surface area (Å²) in [5.74, 6) is -2.07. The molecule has 21 heavy (non-hydrogen) atoms. The smallest absolute Gasteiger partial charge is 0.326 e. The molecule has 0 bridgehead atoms. The molecule has 0 aromatic heterocycles. The first-order valence-electron chi connectivity index (χ1n) is 6.74. The van der Waals surface area contributed by atoms with Crippen molar-refractivity contribution in [3.63, 3.8) is 0 Å². The van der Waals surface area contributed by atoms with Gasteiger partial charge in [0.1, 0.15) is 6.04 Å². The van der Waals surface area contributed by atoms with Crippen LogP contribution >= 0.6 is 0 Å². The Morgan fingerprint density at radius 1 is 1.33 bits per heavy atom. The van der Waals surface area contributed by atoms with Crippen molar-refractivity contribution in [3.8, 4) is 0 Å². The third-order valence-corrected chi connectivity index (χ3v) is 3.49. The Bertz CT molecular complexity index is 403. The molecule has 0 aromatic rings. The van der Waals surface area contributed by atoms with Gasteiger partial charge in [-0.2, -0.15) is 0 Å². The van der Waals surface area contributed by atoms with Crippen molar-refractivity contribution in [2.75, 3.05) is 40.3 Å². The highest BCUT2D eigenvalue weighted by molar-refractivity contribution is 5.87. The van der Waals surface area contributed by atoms with E-state index >= 15 is 0 Å². The van der Waals surface area contributed by atoms with Gasteiger partial charge in [-0.3, -0.25) is 9.69 Å². The van der Waals surface area contributed by atoms with Gasteiger partial charge in [0.2, 0.25) is 5.91 Å². The van der Waals surface area contributed by atoms with E-state index in [1.165, 1.54) is 0 Å². The lowest BCUT2D eigenvalue weighted by atomic mass is 10.2. The van der Waals surface area contributed by atoms with Gasteiger partial charge in [0.25, 0.3) is 0 Å². The van der Waals surface area contributed by atoms with Crippen molar-refractivity contribution in [2.24, 2.45) is 5.73 Å². The lowest BCUT2D eigenvalue weighted by Crippen LogP contribution is -2.56. The van der Waals surface area contributed by atoms with E-state index in [1.807, 2.05) is 14.1 Å². The number of aliphatic carboxylic acids is 1. The van der Waals surface area contributed by atoms with Crippen LogP contribution in [0.3, 0.4) is 0 Å². The lowest BCUT2D eigenvalue weighted by Gasteiger charge is -2.37. The van der Waals surface area contributed by atoms with Crippen LogP contribution in [0.5, 0.6) is 0 Å². The van der Waals surface area contributed by atoms with Crippen molar-refractivity contribution < 1.29 is 19.5 Å². The number of nitrogens with one attached hydrogen (secondary N) is 2. The van der Waals surface area contributed by atoms with Crippen LogP contribution in [0.1, 0.15) is 6.42 Å². The Kier molecular flexibility index (Phi) is 6.38. The maximum atomic E-state index is 11.7. The summed E-state index contributed by atoms with van der Waals surface area (Å²) >= 11 is 0. The molecule has 1 unspecified atom stereocenters. The van der Waals surface area contributed by atoms with E-state index in [-0.39, 0.29) is 6.04 Å². The quantitative estimate of drug-likeness (QED) is 0.443. The number of carboxylic acid groups (broad SMARTS) is 1. The molecular weight excluding hydrogens is 278 g/mol. The Balaban J connectivity index is 2.41. The SMILES string of the molecule is CN1CCN(C)C(CNC(=O)N[C@@H](CC(N)=O)C(=O)O)C1. The number of nitrogens with two attached hydrogens (primary N) is 1. The summed E-state index contributed by atoms with van der Waals surface area (Å²) in [4.78, 5) is 37.7. The van der Waals surface area contributed by atoms with Gasteiger partial charge < -0.3 is 26.4 Å². The summed E-state index contributed by atoms with van der Waals surface area (Å²) in [6.45, 7) is 3.10. The van der Waals surface area contributed by atoms with Crippen LogP contribution in [0.4, 0.5) is 4.79 Å². The van der Waals surface area contributed by atoms with Gasteiger partial charge in [0.05, 0.1) is 6.42 Å². The standard InChI is InChI=1S/C12H23N5O4/c1-16-3-4-17(2)8(7-16)6-14-12(21)15-9(11(19)20)5-10(13)18/h8-9H,3-7H2,1-2H3,(H2,13,18)(H,19,20)(H2,14,15,21)/t8?,9-/m0/s1. The highest BCUT2D eigenvalue weighted by Gasteiger charge is 2.25. The molecule has 1 saturated heterocycles. The zero-order chi connectivity index (χ0) is 16.0. The summed E-state index contributed by atoms with van der Waals surface area (Å²) in [6.07, 6.45) is -0.436. The van der Waals surface area contributed by atoms with Crippen LogP contribution in [-0.4, -0.2) is 85.2 Å². The highest BCUT2D eigenvalue weighted by Crippen LogP contribution is 2.04. The van der Waals surface area contributed by atoms with Crippen molar-refractivity contribution in [3.05, 3.63) is 0 Å². The molecule has 0 spiro atoms. The fourth-order valence-electron chi connectivity index (χ4n) is 2.14. The number of carboxylic acids is 1. The minimum atomic E-state index is -1.31. The number of piperazine rings is 1. The van der Waals surface area contributed by atoms with Gasteiger partial charge >= 0.3 is 12.0 Å². The molecule has 1 aliphatic rings. The zero-order valence-electron chi connectivity index (χ0n) is 12.3. The summed E-state index contributed by atoms with van der Waals surface area (Å²) in [5.41, 5.74) is 4.95. The Morgan fingerprint density at radius 3 is 2.57 bits per heavy atom. The fraction of sp³-hybridized carbons (Fsp3) is 0.750. The summed E-state index contributed by atoms with van der Waals surface area (Å²) < 4.78 is 0. The van der Waals surface area contributed by atoms with E-state index in [9.17, 15) is 14.4 Å². The van der Waals surface area contributed by atoms with E-state index in [0.717, 1.165) is 19.6 Å². The zero-order valence-corrected chi connectivity index (χ0v) is 12.3. The van der Waals surface area contributed by atoms with Crippen molar-refractivity contribution in [1.82, 2.24) is 20.4 Å². The van der Waals surface area contributed by atoms with Gasteiger partial charge in [0, 0.05) is 32.2 Å². The second-order valence-corrected chi connectivity index (χ2v) is 5.31. The average Bonchev–Trinajstić information content (AvgIpc) is 2.38. The molecule has 3 amide bonds. The molecule has 1 heterocycles. The van der Waals surface area contributed by atoms with Gasteiger partial charge in [-0.25, -0.2) is 9.59 Å². The first kappa shape index (κ1) is 17.2. The maximum Gasteiger partial charge on any atom is 0.326 e. The Labute approximate surface area is 123 Å². The summed E-state index contributed by atoms with van der Waals surface area (Å²) in [6, 6.07) is -1.77. The topological polar surface area (TPSA) is 128 Å². The Morgan fingerprint density at radius 2 is 2.00 bits per heavy atom. The molecule has 9 nitrogen and oxygen atoms in total. The maximum absolute atomic E-state index is 11.7. The number of likely N-dealkylation sites (N-methyl/N-ethyl adjacent to an activating group) is 2. The molecule has 0 saturated carbocycles. The van der Waals surface area contributed by atoms with Crippen LogP contribution in [0.15, 0.2) is 0 Å². The molecular formula is C12H23N5O4. The van der Waals surface area contributed by atoms with Crippen molar-refractivity contribution in [1.29, 1.82) is 0 Å². The van der Waals surface area contributed by atoms with Gasteiger partial charge in [0.15, 0.2) is 0 Å². The van der Waals surface area contributed by atoms with Gasteiger partial charge in [-0.15, -0.1) is 0 Å². The minimum absolute atomic E-state index is 0.161. The monoisotopic (exact) mass is 301 g/mol. The van der Waals surface area contributed by atoms with E-state index in [2.05, 4.69) is 20.4 Å². The Hall–Kier alpha value is -1.87. The predicted molar refractivity (Wildman–Crippen MR) is 75.7 cm³/mol. The second kappa shape index (κ2) is 7.79. The van der Waals surface area contributed by atoms with Gasteiger partial charge in [-0.05, 0) is 14.1 Å². The molecule has 1 fully saturated rings. The number of primary amides is 1. The van der Waals surface area contributed by atoms with Crippen LogP contribution in [0, 0.1) is 0 Å². The van der Waals surface area contributed by atoms with Crippen LogP contribution in [0.25, 0.3) is 0 Å². The van der Waals surface area contributed by atoms with E-state index in [1.54, 1.807) is 0 Å². The third kappa shape index (κ3) is 5.96. The molecule has 1 rings (SSSR count). The number of nitrogens with zero attached hydrogens (tertiary/aromatic N) is 2. The van der Waals surface area contributed by atoms with E-state index in [0.29, 0.717) is 6.54 Å². The number of carbonyl (C=O) groups is 3. The first-order valence-corrected chi connectivity index (χ1v) is 6.74. The number of hydrogen-bond donors (Lipinski definition) is 4. The summed E-state index contributed by atoms with van der Waals surface area (Å²) in [7, 11) is 3.98. The van der Waals surface area contributed by atoms with E-state index in [4.69, 9.17) is 10.8 Å². The molecule has 2 atom stereocenters. The largest absolute Gasteiger partial charge is 0.480 e. The predicted octanol–water partition coefficient (Wildman–Crippen LogP) is -2.14. The molecule has 120 valence electrons. The van der Waals surface area contributed by atoms with Crippen LogP contribution in [0.2, 0.25) is 0 Å². The van der Waals surface area contributed by atoms with Crippen LogP contribution in [-0.2, 0) is 9.59 Å². The second-order valence-electron chi connectivity index (χ2n) is 5.31. The molecule has 9 heteroatoms. The molecule has 0 aliphatic carbocycles.